The van der Waals surface area contributed by atoms with E-state index < -0.39 is 6.04 Å². The first-order chi connectivity index (χ1) is 14.9. The molecule has 6 heteroatoms. The Morgan fingerprint density at radius 1 is 1.03 bits per heavy atom. The van der Waals surface area contributed by atoms with Crippen molar-refractivity contribution in [2.75, 3.05) is 13.1 Å². The second-order valence-electron chi connectivity index (χ2n) is 8.69. The van der Waals surface area contributed by atoms with Gasteiger partial charge in [-0.1, -0.05) is 56.3 Å². The molecular weight excluding hydrogens is 393 g/mol. The van der Waals surface area contributed by atoms with Crippen molar-refractivity contribution in [1.29, 1.82) is 0 Å². The summed E-state index contributed by atoms with van der Waals surface area (Å²) < 4.78 is 13.1. The maximum atomic E-state index is 13.1. The van der Waals surface area contributed by atoms with Gasteiger partial charge >= 0.3 is 0 Å². The Morgan fingerprint density at radius 2 is 1.68 bits per heavy atom. The molecule has 2 aromatic carbocycles. The topological polar surface area (TPSA) is 61.4 Å². The minimum absolute atomic E-state index is 0.0742. The van der Waals surface area contributed by atoms with Crippen LogP contribution in [0, 0.1) is 11.7 Å². The number of carbonyl (C=O) groups is 2. The molecule has 1 fully saturated rings. The van der Waals surface area contributed by atoms with Crippen LogP contribution in [-0.4, -0.2) is 35.8 Å². The summed E-state index contributed by atoms with van der Waals surface area (Å²) in [4.78, 5) is 27.7. The van der Waals surface area contributed by atoms with Crippen LogP contribution < -0.4 is 10.6 Å². The average Bonchev–Trinajstić information content (AvgIpc) is 2.75. The molecule has 0 spiro atoms. The molecule has 2 amide bonds. The molecule has 166 valence electrons. The number of amides is 2. The SMILES string of the molecule is CC(C)CC(=O)NC(C(=O)NC1CCN(Cc2ccc(F)cc2)CC1)c1ccccc1. The van der Waals surface area contributed by atoms with Gasteiger partial charge in [-0.05, 0) is 42.0 Å². The summed E-state index contributed by atoms with van der Waals surface area (Å²) in [5, 5.41) is 6.05. The van der Waals surface area contributed by atoms with Crippen LogP contribution in [0.25, 0.3) is 0 Å². The summed E-state index contributed by atoms with van der Waals surface area (Å²) in [6, 6.07) is 15.4. The van der Waals surface area contributed by atoms with Crippen LogP contribution in [0.1, 0.15) is 50.3 Å². The number of nitrogens with one attached hydrogen (secondary N) is 2. The van der Waals surface area contributed by atoms with Crippen molar-refractivity contribution >= 4 is 11.8 Å². The Hall–Kier alpha value is -2.73. The third-order valence-corrected chi connectivity index (χ3v) is 5.55. The molecule has 2 N–H and O–H groups in total. The largest absolute Gasteiger partial charge is 0.351 e. The maximum absolute atomic E-state index is 13.1. The standard InChI is InChI=1S/C25H32FN3O2/c1-18(2)16-23(30)28-24(20-6-4-3-5-7-20)25(31)27-22-12-14-29(15-13-22)17-19-8-10-21(26)11-9-19/h3-11,18,22,24H,12-17H2,1-2H3,(H,27,31)(H,28,30). The quantitative estimate of drug-likeness (QED) is 0.676. The van der Waals surface area contributed by atoms with Crippen LogP contribution >= 0.6 is 0 Å². The lowest BCUT2D eigenvalue weighted by Gasteiger charge is -2.33. The van der Waals surface area contributed by atoms with E-state index in [1.807, 2.05) is 56.3 Å². The highest BCUT2D eigenvalue weighted by Crippen LogP contribution is 2.18. The predicted octanol–water partition coefficient (Wildman–Crippen LogP) is 3.81. The number of halogens is 1. The third-order valence-electron chi connectivity index (χ3n) is 5.55. The van der Waals surface area contributed by atoms with Crippen molar-refractivity contribution in [3.05, 3.63) is 71.5 Å². The van der Waals surface area contributed by atoms with E-state index in [1.54, 1.807) is 0 Å². The molecule has 1 aliphatic rings. The summed E-state index contributed by atoms with van der Waals surface area (Å²) in [6.07, 6.45) is 2.07. The molecule has 1 heterocycles. The van der Waals surface area contributed by atoms with Crippen LogP contribution in [0.2, 0.25) is 0 Å². The molecule has 1 saturated heterocycles. The predicted molar refractivity (Wildman–Crippen MR) is 120 cm³/mol. The molecule has 1 unspecified atom stereocenters. The number of piperidine rings is 1. The van der Waals surface area contributed by atoms with Gasteiger partial charge in [0.05, 0.1) is 0 Å². The Labute approximate surface area is 184 Å². The van der Waals surface area contributed by atoms with E-state index in [0.717, 1.165) is 43.6 Å². The fourth-order valence-corrected chi connectivity index (χ4v) is 3.90. The Bertz CT molecular complexity index is 847. The molecule has 1 aliphatic heterocycles. The van der Waals surface area contributed by atoms with Gasteiger partial charge in [0.2, 0.25) is 11.8 Å². The highest BCUT2D eigenvalue weighted by Gasteiger charge is 2.27. The highest BCUT2D eigenvalue weighted by molar-refractivity contribution is 5.88. The molecule has 0 aliphatic carbocycles. The second kappa shape index (κ2) is 11.0. The number of likely N-dealkylation sites (tertiary alicyclic amines) is 1. The van der Waals surface area contributed by atoms with Gasteiger partial charge in [0.25, 0.3) is 0 Å². The number of rotatable bonds is 8. The number of hydrogen-bond acceptors (Lipinski definition) is 3. The highest BCUT2D eigenvalue weighted by atomic mass is 19.1. The van der Waals surface area contributed by atoms with Crippen LogP contribution in [0.5, 0.6) is 0 Å². The van der Waals surface area contributed by atoms with Crippen LogP contribution in [0.4, 0.5) is 4.39 Å². The minimum Gasteiger partial charge on any atom is -0.351 e. The summed E-state index contributed by atoms with van der Waals surface area (Å²) in [7, 11) is 0. The van der Waals surface area contributed by atoms with Gasteiger partial charge in [-0.25, -0.2) is 4.39 Å². The zero-order valence-corrected chi connectivity index (χ0v) is 18.3. The van der Waals surface area contributed by atoms with Crippen molar-refractivity contribution in [3.8, 4) is 0 Å². The van der Waals surface area contributed by atoms with Crippen molar-refractivity contribution in [2.24, 2.45) is 5.92 Å². The number of nitrogens with zero attached hydrogens (tertiary/aromatic N) is 1. The lowest BCUT2D eigenvalue weighted by Crippen LogP contribution is -2.48. The lowest BCUT2D eigenvalue weighted by molar-refractivity contribution is -0.130. The van der Waals surface area contributed by atoms with E-state index >= 15 is 0 Å². The van der Waals surface area contributed by atoms with Gasteiger partial charge in [0, 0.05) is 32.1 Å². The summed E-state index contributed by atoms with van der Waals surface area (Å²) >= 11 is 0. The smallest absolute Gasteiger partial charge is 0.247 e. The van der Waals surface area contributed by atoms with E-state index in [-0.39, 0.29) is 29.6 Å². The van der Waals surface area contributed by atoms with Gasteiger partial charge < -0.3 is 10.6 Å². The average molecular weight is 426 g/mol. The molecular formula is C25H32FN3O2. The van der Waals surface area contributed by atoms with Crippen molar-refractivity contribution < 1.29 is 14.0 Å². The fraction of sp³-hybridized carbons (Fsp3) is 0.440. The molecule has 0 bridgehead atoms. The monoisotopic (exact) mass is 425 g/mol. The van der Waals surface area contributed by atoms with E-state index in [2.05, 4.69) is 15.5 Å². The molecule has 3 rings (SSSR count). The zero-order valence-electron chi connectivity index (χ0n) is 18.3. The van der Waals surface area contributed by atoms with Crippen LogP contribution in [0.15, 0.2) is 54.6 Å². The maximum Gasteiger partial charge on any atom is 0.247 e. The molecule has 31 heavy (non-hydrogen) atoms. The molecule has 0 radical (unpaired) electrons. The molecule has 0 saturated carbocycles. The normalized spacial score (nSPS) is 16.1. The summed E-state index contributed by atoms with van der Waals surface area (Å²) in [5.74, 6) is -0.281. The number of carbonyl (C=O) groups excluding carboxylic acids is 2. The van der Waals surface area contributed by atoms with Gasteiger partial charge in [0.1, 0.15) is 11.9 Å². The second-order valence-corrected chi connectivity index (χ2v) is 8.69. The van der Waals surface area contributed by atoms with E-state index in [9.17, 15) is 14.0 Å². The van der Waals surface area contributed by atoms with Gasteiger partial charge in [-0.2, -0.15) is 0 Å². The Balaban J connectivity index is 1.55. The first-order valence-corrected chi connectivity index (χ1v) is 11.0. The first-order valence-electron chi connectivity index (χ1n) is 11.0. The Kier molecular flexibility index (Phi) is 8.18. The van der Waals surface area contributed by atoms with E-state index in [4.69, 9.17) is 0 Å². The molecule has 0 aromatic heterocycles. The van der Waals surface area contributed by atoms with Gasteiger partial charge in [0.15, 0.2) is 0 Å². The summed E-state index contributed by atoms with van der Waals surface area (Å²) in [6.45, 7) is 6.46. The minimum atomic E-state index is -0.690. The van der Waals surface area contributed by atoms with E-state index in [1.165, 1.54) is 12.1 Å². The van der Waals surface area contributed by atoms with Gasteiger partial charge in [-0.15, -0.1) is 0 Å². The Morgan fingerprint density at radius 3 is 2.29 bits per heavy atom. The number of hydrogen-bond donors (Lipinski definition) is 2. The first kappa shape index (κ1) is 22.9. The zero-order chi connectivity index (χ0) is 22.2. The number of benzene rings is 2. The summed E-state index contributed by atoms with van der Waals surface area (Å²) in [5.41, 5.74) is 1.87. The van der Waals surface area contributed by atoms with Crippen molar-refractivity contribution in [1.82, 2.24) is 15.5 Å². The van der Waals surface area contributed by atoms with Gasteiger partial charge in [-0.3, -0.25) is 14.5 Å². The lowest BCUT2D eigenvalue weighted by atomic mass is 10.0. The fourth-order valence-electron chi connectivity index (χ4n) is 3.90. The van der Waals surface area contributed by atoms with E-state index in [0.29, 0.717) is 6.42 Å². The van der Waals surface area contributed by atoms with Crippen LogP contribution in [-0.2, 0) is 16.1 Å². The van der Waals surface area contributed by atoms with Crippen LogP contribution in [0.3, 0.4) is 0 Å². The molecule has 5 nitrogen and oxygen atoms in total. The molecule has 1 atom stereocenters. The van der Waals surface area contributed by atoms with Crippen molar-refractivity contribution in [2.45, 2.75) is 51.7 Å². The third kappa shape index (κ3) is 7.17. The van der Waals surface area contributed by atoms with Crippen molar-refractivity contribution in [3.63, 3.8) is 0 Å². The molecule has 2 aromatic rings.